The van der Waals surface area contributed by atoms with Crippen LogP contribution in [-0.4, -0.2) is 32.6 Å². The molecule has 2 aromatic carbocycles. The third-order valence-electron chi connectivity index (χ3n) is 6.11. The molecule has 0 saturated heterocycles. The monoisotopic (exact) mass is 482 g/mol. The molecule has 2 N–H and O–H groups in total. The highest BCUT2D eigenvalue weighted by atomic mass is 35.5. The number of nitrogens with two attached hydrogens (primary N) is 1. The van der Waals surface area contributed by atoms with Gasteiger partial charge in [0.15, 0.2) is 17.3 Å². The second-order valence-electron chi connectivity index (χ2n) is 8.02. The van der Waals surface area contributed by atoms with Crippen molar-refractivity contribution in [3.05, 3.63) is 75.7 Å². The Bertz CT molecular complexity index is 1190. The van der Waals surface area contributed by atoms with E-state index >= 15 is 0 Å². The van der Waals surface area contributed by atoms with Crippen LogP contribution >= 0.6 is 11.6 Å². The van der Waals surface area contributed by atoms with E-state index in [4.69, 9.17) is 31.5 Å². The average Bonchev–Trinajstić information content (AvgIpc) is 2.84. The lowest BCUT2D eigenvalue weighted by molar-refractivity contribution is -0.138. The molecule has 0 aromatic heterocycles. The van der Waals surface area contributed by atoms with Crippen LogP contribution in [0.25, 0.3) is 0 Å². The Kier molecular flexibility index (Phi) is 6.84. The number of benzene rings is 2. The predicted molar refractivity (Wildman–Crippen MR) is 130 cm³/mol. The SMILES string of the molecule is CCOC(=O)C1=C(N)N(c2ccc(Cl)cc2)C2=C(C(=O)CCC2)[C@H]1c1ccc(OC)c(OC)c1. The Balaban J connectivity index is 1.99. The van der Waals surface area contributed by atoms with Crippen molar-refractivity contribution in [1.82, 2.24) is 0 Å². The fourth-order valence-corrected chi connectivity index (χ4v) is 4.77. The molecule has 0 unspecified atom stereocenters. The maximum absolute atomic E-state index is 13.4. The van der Waals surface area contributed by atoms with Crippen molar-refractivity contribution in [2.24, 2.45) is 5.73 Å². The minimum atomic E-state index is -0.690. The largest absolute Gasteiger partial charge is 0.493 e. The maximum Gasteiger partial charge on any atom is 0.338 e. The van der Waals surface area contributed by atoms with Gasteiger partial charge in [0.1, 0.15) is 5.82 Å². The van der Waals surface area contributed by atoms with Gasteiger partial charge in [-0.1, -0.05) is 17.7 Å². The molecule has 0 amide bonds. The van der Waals surface area contributed by atoms with Gasteiger partial charge < -0.3 is 19.9 Å². The molecule has 1 atom stereocenters. The predicted octanol–water partition coefficient (Wildman–Crippen LogP) is 4.70. The van der Waals surface area contributed by atoms with Crippen LogP contribution in [-0.2, 0) is 14.3 Å². The van der Waals surface area contributed by atoms with E-state index in [2.05, 4.69) is 0 Å². The Hall–Kier alpha value is -3.45. The third kappa shape index (κ3) is 4.12. The zero-order valence-corrected chi connectivity index (χ0v) is 20.1. The molecule has 7 nitrogen and oxygen atoms in total. The number of nitrogens with zero attached hydrogens (tertiary/aromatic N) is 1. The fourth-order valence-electron chi connectivity index (χ4n) is 4.65. The number of allylic oxidation sites excluding steroid dienone is 2. The number of methoxy groups -OCH3 is 2. The molecule has 0 bridgehead atoms. The van der Waals surface area contributed by atoms with Crippen LogP contribution in [0, 0.1) is 0 Å². The molecule has 0 fully saturated rings. The van der Waals surface area contributed by atoms with Crippen molar-refractivity contribution in [1.29, 1.82) is 0 Å². The van der Waals surface area contributed by atoms with Gasteiger partial charge in [0.25, 0.3) is 0 Å². The summed E-state index contributed by atoms with van der Waals surface area (Å²) in [7, 11) is 3.09. The van der Waals surface area contributed by atoms with E-state index in [-0.39, 0.29) is 23.8 Å². The second-order valence-corrected chi connectivity index (χ2v) is 8.45. The highest BCUT2D eigenvalue weighted by Crippen LogP contribution is 2.48. The van der Waals surface area contributed by atoms with E-state index in [1.807, 2.05) is 18.2 Å². The van der Waals surface area contributed by atoms with Crippen molar-refractivity contribution in [3.63, 3.8) is 0 Å². The van der Waals surface area contributed by atoms with Crippen LogP contribution in [0.4, 0.5) is 5.69 Å². The lowest BCUT2D eigenvalue weighted by Gasteiger charge is -2.40. The molecule has 1 aliphatic heterocycles. The van der Waals surface area contributed by atoms with Gasteiger partial charge in [-0.25, -0.2) is 4.79 Å². The Morgan fingerprint density at radius 2 is 1.79 bits per heavy atom. The third-order valence-corrected chi connectivity index (χ3v) is 6.37. The summed E-state index contributed by atoms with van der Waals surface area (Å²) < 4.78 is 16.3. The van der Waals surface area contributed by atoms with E-state index in [9.17, 15) is 9.59 Å². The molecule has 0 saturated carbocycles. The first-order valence-corrected chi connectivity index (χ1v) is 11.5. The van der Waals surface area contributed by atoms with Crippen molar-refractivity contribution in [2.45, 2.75) is 32.1 Å². The summed E-state index contributed by atoms with van der Waals surface area (Å²) in [5, 5.41) is 0.575. The van der Waals surface area contributed by atoms with E-state index in [1.54, 1.807) is 43.2 Å². The number of esters is 1. The minimum Gasteiger partial charge on any atom is -0.493 e. The molecule has 0 radical (unpaired) electrons. The summed E-state index contributed by atoms with van der Waals surface area (Å²) in [6.45, 7) is 1.91. The zero-order valence-electron chi connectivity index (χ0n) is 19.4. The van der Waals surface area contributed by atoms with Gasteiger partial charge in [-0.05, 0) is 61.7 Å². The number of anilines is 1. The van der Waals surface area contributed by atoms with Crippen LogP contribution in [0.1, 0.15) is 37.7 Å². The standard InChI is InChI=1S/C26H27ClN2O5/c1-4-34-26(31)24-22(15-8-13-20(32-2)21(14-15)33-3)23-18(6-5-7-19(23)30)29(25(24)28)17-11-9-16(27)10-12-17/h8-14,22H,4-7,28H2,1-3H3/t22-/m1/s1. The summed E-state index contributed by atoms with van der Waals surface area (Å²) in [4.78, 5) is 28.4. The van der Waals surface area contributed by atoms with Gasteiger partial charge in [0.2, 0.25) is 0 Å². The number of hydrogen-bond donors (Lipinski definition) is 1. The quantitative estimate of drug-likeness (QED) is 0.596. The molecule has 8 heteroatoms. The van der Waals surface area contributed by atoms with Crippen LogP contribution in [0.3, 0.4) is 0 Å². The average molecular weight is 483 g/mol. The van der Waals surface area contributed by atoms with Crippen molar-refractivity contribution < 1.29 is 23.8 Å². The van der Waals surface area contributed by atoms with Crippen LogP contribution in [0.5, 0.6) is 11.5 Å². The van der Waals surface area contributed by atoms with Gasteiger partial charge in [0.05, 0.1) is 32.3 Å². The summed E-state index contributed by atoms with van der Waals surface area (Å²) in [6.07, 6.45) is 1.74. The van der Waals surface area contributed by atoms with Crippen LogP contribution in [0.15, 0.2) is 65.1 Å². The number of Topliss-reactive ketones (excluding diaryl/α,β-unsaturated/α-hetero) is 1. The lowest BCUT2D eigenvalue weighted by atomic mass is 9.75. The molecule has 2 aliphatic rings. The van der Waals surface area contributed by atoms with Gasteiger partial charge >= 0.3 is 5.97 Å². The maximum atomic E-state index is 13.4. The first kappa shape index (κ1) is 23.7. The number of halogens is 1. The Morgan fingerprint density at radius 3 is 2.44 bits per heavy atom. The molecule has 1 aliphatic carbocycles. The number of hydrogen-bond acceptors (Lipinski definition) is 7. The number of ketones is 1. The molecule has 178 valence electrons. The normalized spacial score (nSPS) is 18.1. The summed E-state index contributed by atoms with van der Waals surface area (Å²) in [5.41, 5.74) is 9.67. The van der Waals surface area contributed by atoms with Crippen LogP contribution < -0.4 is 20.1 Å². The fraction of sp³-hybridized carbons (Fsp3) is 0.308. The Morgan fingerprint density at radius 1 is 1.09 bits per heavy atom. The number of carbonyl (C=O) groups is 2. The zero-order chi connectivity index (χ0) is 24.4. The smallest absolute Gasteiger partial charge is 0.338 e. The van der Waals surface area contributed by atoms with E-state index in [0.29, 0.717) is 46.9 Å². The summed E-state index contributed by atoms with van der Waals surface area (Å²) in [5.74, 6) is -0.00633. The van der Waals surface area contributed by atoms with Crippen molar-refractivity contribution in [3.8, 4) is 11.5 Å². The first-order valence-electron chi connectivity index (χ1n) is 11.1. The molecular formula is C26H27ClN2O5. The van der Waals surface area contributed by atoms with E-state index in [0.717, 1.165) is 11.4 Å². The summed E-state index contributed by atoms with van der Waals surface area (Å²) in [6, 6.07) is 12.5. The van der Waals surface area contributed by atoms with Crippen molar-refractivity contribution >= 4 is 29.0 Å². The number of carbonyl (C=O) groups excluding carboxylic acids is 2. The first-order chi connectivity index (χ1) is 16.4. The van der Waals surface area contributed by atoms with Gasteiger partial charge in [0, 0.05) is 28.4 Å². The molecule has 34 heavy (non-hydrogen) atoms. The van der Waals surface area contributed by atoms with Gasteiger partial charge in [-0.2, -0.15) is 0 Å². The van der Waals surface area contributed by atoms with Crippen LogP contribution in [0.2, 0.25) is 5.02 Å². The lowest BCUT2D eigenvalue weighted by Crippen LogP contribution is -2.41. The molecule has 2 aromatic rings. The second kappa shape index (κ2) is 9.81. The number of rotatable bonds is 6. The van der Waals surface area contributed by atoms with Gasteiger partial charge in [-0.3, -0.25) is 9.69 Å². The highest BCUT2D eigenvalue weighted by molar-refractivity contribution is 6.30. The summed E-state index contributed by atoms with van der Waals surface area (Å²) >= 11 is 6.10. The molecular weight excluding hydrogens is 456 g/mol. The highest BCUT2D eigenvalue weighted by Gasteiger charge is 2.43. The Labute approximate surface area is 203 Å². The molecule has 1 heterocycles. The minimum absolute atomic E-state index is 0.0192. The molecule has 0 spiro atoms. The number of ether oxygens (including phenoxy) is 3. The molecule has 4 rings (SSSR count). The van der Waals surface area contributed by atoms with Crippen molar-refractivity contribution in [2.75, 3.05) is 25.7 Å². The van der Waals surface area contributed by atoms with E-state index in [1.165, 1.54) is 7.11 Å². The van der Waals surface area contributed by atoms with Gasteiger partial charge in [-0.15, -0.1) is 0 Å². The topological polar surface area (TPSA) is 91.1 Å². The van der Waals surface area contributed by atoms with E-state index < -0.39 is 11.9 Å².